The van der Waals surface area contributed by atoms with Crippen LogP contribution in [0.15, 0.2) is 47.0 Å². The van der Waals surface area contributed by atoms with E-state index in [1.54, 1.807) is 35.2 Å². The van der Waals surface area contributed by atoms with E-state index in [4.69, 9.17) is 4.52 Å². The third-order valence-corrected chi connectivity index (χ3v) is 6.98. The average Bonchev–Trinajstić information content (AvgIpc) is 3.39. The van der Waals surface area contributed by atoms with Crippen molar-refractivity contribution in [1.29, 1.82) is 0 Å². The fraction of sp³-hybridized carbons (Fsp3) is 0.360. The van der Waals surface area contributed by atoms with Gasteiger partial charge in [0.15, 0.2) is 5.58 Å². The van der Waals surface area contributed by atoms with Crippen molar-refractivity contribution in [3.63, 3.8) is 0 Å². The minimum Gasteiger partial charge on any atom is -0.356 e. The Labute approximate surface area is 195 Å². The van der Waals surface area contributed by atoms with Gasteiger partial charge >= 0.3 is 6.03 Å². The molecular formula is C25H25FN4O4. The predicted octanol–water partition coefficient (Wildman–Crippen LogP) is 3.68. The maximum Gasteiger partial charge on any atom is 0.322 e. The van der Waals surface area contributed by atoms with Gasteiger partial charge < -0.3 is 14.7 Å². The Morgan fingerprint density at radius 2 is 1.85 bits per heavy atom. The molecule has 2 fully saturated rings. The van der Waals surface area contributed by atoms with E-state index in [-0.39, 0.29) is 23.6 Å². The number of nitrogens with one attached hydrogen (secondary N) is 2. The Morgan fingerprint density at radius 1 is 1.15 bits per heavy atom. The first kappa shape index (κ1) is 22.1. The fourth-order valence-electron chi connectivity index (χ4n) is 5.05. The molecule has 1 aromatic heterocycles. The minimum absolute atomic E-state index is 0.0878. The normalized spacial score (nSPS) is 21.2. The molecule has 0 radical (unpaired) electrons. The number of halogens is 1. The number of hydrogen-bond donors (Lipinski definition) is 2. The lowest BCUT2D eigenvalue weighted by molar-refractivity contribution is -0.125. The summed E-state index contributed by atoms with van der Waals surface area (Å²) < 4.78 is 19.0. The summed E-state index contributed by atoms with van der Waals surface area (Å²) in [5.74, 6) is -0.916. The summed E-state index contributed by atoms with van der Waals surface area (Å²) in [5, 5.41) is 9.90. The van der Waals surface area contributed by atoms with E-state index in [0.717, 1.165) is 5.69 Å². The molecule has 1 atom stereocenters. The molecule has 0 spiro atoms. The number of benzene rings is 2. The molecule has 2 saturated heterocycles. The molecule has 3 heterocycles. The molecule has 176 valence electrons. The van der Waals surface area contributed by atoms with Gasteiger partial charge in [-0.1, -0.05) is 31.1 Å². The molecule has 9 heteroatoms. The van der Waals surface area contributed by atoms with Crippen LogP contribution >= 0.6 is 0 Å². The Hall–Kier alpha value is -3.75. The molecule has 2 N–H and O–H groups in total. The van der Waals surface area contributed by atoms with Crippen molar-refractivity contribution in [2.45, 2.75) is 38.1 Å². The number of nitrogens with zero attached hydrogens (tertiary/aromatic N) is 2. The highest BCUT2D eigenvalue weighted by molar-refractivity contribution is 6.07. The first-order valence-electron chi connectivity index (χ1n) is 11.4. The second-order valence-corrected chi connectivity index (χ2v) is 9.22. The summed E-state index contributed by atoms with van der Waals surface area (Å²) in [4.78, 5) is 39.2. The van der Waals surface area contributed by atoms with Crippen LogP contribution in [0.1, 0.15) is 54.2 Å². The fourth-order valence-corrected chi connectivity index (χ4v) is 5.05. The summed E-state index contributed by atoms with van der Waals surface area (Å²) in [6.45, 7) is 4.81. The third-order valence-electron chi connectivity index (χ3n) is 6.98. The lowest BCUT2D eigenvalue weighted by Crippen LogP contribution is -2.48. The van der Waals surface area contributed by atoms with E-state index in [0.29, 0.717) is 48.0 Å². The van der Waals surface area contributed by atoms with Gasteiger partial charge in [0.2, 0.25) is 0 Å². The van der Waals surface area contributed by atoms with E-state index in [9.17, 15) is 18.8 Å². The van der Waals surface area contributed by atoms with Gasteiger partial charge in [-0.25, -0.2) is 9.18 Å². The number of piperidine rings is 1. The number of likely N-dealkylation sites (tertiary alicyclic amines) is 1. The molecule has 2 aliphatic rings. The molecule has 4 amide bonds. The SMILES string of the molecule is CC(C)C1(c2ccc(C(=O)N3CCC(c4noc5ccc(F)cc45)CC3)cc2)NC(=O)NC1=O. The molecule has 0 bridgehead atoms. The van der Waals surface area contributed by atoms with Crippen LogP contribution in [-0.2, 0) is 10.3 Å². The van der Waals surface area contributed by atoms with Gasteiger partial charge in [-0.2, -0.15) is 0 Å². The zero-order valence-electron chi connectivity index (χ0n) is 18.9. The van der Waals surface area contributed by atoms with Gasteiger partial charge in [-0.05, 0) is 54.7 Å². The van der Waals surface area contributed by atoms with Crippen molar-refractivity contribution in [3.8, 4) is 0 Å². The van der Waals surface area contributed by atoms with Gasteiger partial charge in [-0.15, -0.1) is 0 Å². The summed E-state index contributed by atoms with van der Waals surface area (Å²) in [7, 11) is 0. The topological polar surface area (TPSA) is 105 Å². The van der Waals surface area contributed by atoms with E-state index >= 15 is 0 Å². The van der Waals surface area contributed by atoms with Crippen LogP contribution in [0.4, 0.5) is 9.18 Å². The Morgan fingerprint density at radius 3 is 2.47 bits per heavy atom. The van der Waals surface area contributed by atoms with Crippen LogP contribution in [0.2, 0.25) is 0 Å². The van der Waals surface area contributed by atoms with Crippen molar-refractivity contribution >= 4 is 28.8 Å². The number of carbonyl (C=O) groups excluding carboxylic acids is 3. The maximum absolute atomic E-state index is 13.7. The monoisotopic (exact) mass is 464 g/mol. The average molecular weight is 464 g/mol. The highest BCUT2D eigenvalue weighted by Gasteiger charge is 2.50. The second-order valence-electron chi connectivity index (χ2n) is 9.22. The number of urea groups is 1. The number of carbonyl (C=O) groups is 3. The van der Waals surface area contributed by atoms with Crippen molar-refractivity contribution in [1.82, 2.24) is 20.7 Å². The zero-order chi connectivity index (χ0) is 24.0. The van der Waals surface area contributed by atoms with Gasteiger partial charge in [0.05, 0.1) is 5.69 Å². The zero-order valence-corrected chi connectivity index (χ0v) is 18.9. The van der Waals surface area contributed by atoms with Crippen LogP contribution in [0.5, 0.6) is 0 Å². The standard InChI is InChI=1S/C25H25FN4O4/c1-14(2)25(23(32)27-24(33)28-25)17-5-3-16(4-6-17)22(31)30-11-9-15(10-12-30)21-19-13-18(26)7-8-20(19)34-29-21/h3-8,13-15H,9-12H2,1-2H3,(H2,27,28,32,33). The molecule has 5 rings (SSSR count). The van der Waals surface area contributed by atoms with Crippen LogP contribution in [0.25, 0.3) is 11.0 Å². The van der Waals surface area contributed by atoms with Crippen LogP contribution in [0.3, 0.4) is 0 Å². The lowest BCUT2D eigenvalue weighted by atomic mass is 9.79. The number of imide groups is 1. The second kappa shape index (κ2) is 8.23. The van der Waals surface area contributed by atoms with Crippen LogP contribution < -0.4 is 10.6 Å². The van der Waals surface area contributed by atoms with E-state index in [1.807, 2.05) is 13.8 Å². The van der Waals surface area contributed by atoms with Crippen molar-refractivity contribution in [2.24, 2.45) is 5.92 Å². The summed E-state index contributed by atoms with van der Waals surface area (Å²) in [6.07, 6.45) is 1.40. The number of fused-ring (bicyclic) bond motifs is 1. The van der Waals surface area contributed by atoms with E-state index in [2.05, 4.69) is 15.8 Å². The molecule has 3 aromatic rings. The predicted molar refractivity (Wildman–Crippen MR) is 121 cm³/mol. The minimum atomic E-state index is -1.16. The molecule has 2 aromatic carbocycles. The maximum atomic E-state index is 13.7. The van der Waals surface area contributed by atoms with Crippen molar-refractivity contribution in [2.75, 3.05) is 13.1 Å². The third kappa shape index (κ3) is 3.52. The Kier molecular flexibility index (Phi) is 5.34. The lowest BCUT2D eigenvalue weighted by Gasteiger charge is -2.32. The summed E-state index contributed by atoms with van der Waals surface area (Å²) in [6, 6.07) is 10.7. The van der Waals surface area contributed by atoms with Crippen LogP contribution in [-0.4, -0.2) is 41.0 Å². The molecule has 0 aliphatic carbocycles. The molecule has 1 unspecified atom stereocenters. The quantitative estimate of drug-likeness (QED) is 0.573. The molecular weight excluding hydrogens is 439 g/mol. The van der Waals surface area contributed by atoms with E-state index in [1.165, 1.54) is 12.1 Å². The highest BCUT2D eigenvalue weighted by atomic mass is 19.1. The van der Waals surface area contributed by atoms with Crippen LogP contribution in [0, 0.1) is 11.7 Å². The highest BCUT2D eigenvalue weighted by Crippen LogP contribution is 2.35. The molecule has 0 saturated carbocycles. The molecule has 8 nitrogen and oxygen atoms in total. The number of hydrogen-bond acceptors (Lipinski definition) is 5. The first-order valence-corrected chi connectivity index (χ1v) is 11.4. The Balaban J connectivity index is 1.29. The van der Waals surface area contributed by atoms with Gasteiger partial charge in [0.25, 0.3) is 11.8 Å². The molecule has 2 aliphatic heterocycles. The number of rotatable bonds is 4. The smallest absolute Gasteiger partial charge is 0.322 e. The Bertz CT molecular complexity index is 1280. The first-order chi connectivity index (χ1) is 16.3. The number of aromatic nitrogens is 1. The van der Waals surface area contributed by atoms with E-state index < -0.39 is 17.5 Å². The van der Waals surface area contributed by atoms with Gasteiger partial charge in [0.1, 0.15) is 11.4 Å². The van der Waals surface area contributed by atoms with Crippen molar-refractivity contribution in [3.05, 3.63) is 65.1 Å². The summed E-state index contributed by atoms with van der Waals surface area (Å²) in [5.41, 5.74) is 1.28. The van der Waals surface area contributed by atoms with Crippen molar-refractivity contribution < 1.29 is 23.3 Å². The van der Waals surface area contributed by atoms with Gasteiger partial charge in [0, 0.05) is 30.0 Å². The summed E-state index contributed by atoms with van der Waals surface area (Å²) >= 11 is 0. The number of amides is 4. The largest absolute Gasteiger partial charge is 0.356 e. The molecule has 34 heavy (non-hydrogen) atoms. The van der Waals surface area contributed by atoms with Gasteiger partial charge in [-0.3, -0.25) is 14.9 Å².